The van der Waals surface area contributed by atoms with Gasteiger partial charge in [-0.3, -0.25) is 0 Å². The predicted octanol–water partition coefficient (Wildman–Crippen LogP) is 3.62. The lowest BCUT2D eigenvalue weighted by Crippen LogP contribution is -2.12. The fourth-order valence-corrected chi connectivity index (χ4v) is 3.52. The van der Waals surface area contributed by atoms with Gasteiger partial charge in [-0.15, -0.1) is 0 Å². The maximum Gasteiger partial charge on any atom is 0.102 e. The number of nitrogens with two attached hydrogens (primary N) is 1. The topological polar surface area (TPSA) is 76.8 Å². The molecular formula is C20H20N4. The Balaban J connectivity index is 2.29. The van der Waals surface area contributed by atoms with Gasteiger partial charge in [0.1, 0.15) is 12.1 Å². The summed E-state index contributed by atoms with van der Waals surface area (Å²) in [6.45, 7) is 0. The van der Waals surface area contributed by atoms with E-state index in [1.807, 2.05) is 43.3 Å². The minimum absolute atomic E-state index is 0.326. The standard InChI is InChI=1S/C20H20N4/c1-24(2)14-9-7-13(8-10-14)19-16-6-4-3-5-15(16)17(11-21)20(23)18(19)12-22/h7-10H,3-6,23H2,1-2H3. The summed E-state index contributed by atoms with van der Waals surface area (Å²) in [4.78, 5) is 2.04. The number of hydrogen-bond donors (Lipinski definition) is 1. The van der Waals surface area contributed by atoms with E-state index in [2.05, 4.69) is 12.1 Å². The van der Waals surface area contributed by atoms with E-state index in [4.69, 9.17) is 5.73 Å². The Labute approximate surface area is 142 Å². The highest BCUT2D eigenvalue weighted by Crippen LogP contribution is 2.40. The highest BCUT2D eigenvalue weighted by atomic mass is 15.1. The van der Waals surface area contributed by atoms with E-state index in [1.165, 1.54) is 0 Å². The average Bonchev–Trinajstić information content (AvgIpc) is 2.61. The minimum Gasteiger partial charge on any atom is -0.397 e. The first-order valence-corrected chi connectivity index (χ1v) is 8.13. The van der Waals surface area contributed by atoms with Gasteiger partial charge in [0.2, 0.25) is 0 Å². The second-order valence-electron chi connectivity index (χ2n) is 6.37. The number of nitrogen functional groups attached to an aromatic ring is 1. The van der Waals surface area contributed by atoms with Crippen molar-refractivity contribution in [3.05, 3.63) is 46.5 Å². The van der Waals surface area contributed by atoms with Gasteiger partial charge in [-0.25, -0.2) is 0 Å². The first kappa shape index (κ1) is 15.9. The van der Waals surface area contributed by atoms with Crippen LogP contribution in [0.4, 0.5) is 11.4 Å². The predicted molar refractivity (Wildman–Crippen MR) is 96.7 cm³/mol. The van der Waals surface area contributed by atoms with Crippen LogP contribution in [0.1, 0.15) is 35.1 Å². The number of hydrogen-bond acceptors (Lipinski definition) is 4. The van der Waals surface area contributed by atoms with Crippen molar-refractivity contribution in [1.29, 1.82) is 10.5 Å². The molecule has 2 aromatic carbocycles. The molecule has 4 heteroatoms. The Morgan fingerprint density at radius 3 is 2.04 bits per heavy atom. The van der Waals surface area contributed by atoms with E-state index in [-0.39, 0.29) is 0 Å². The monoisotopic (exact) mass is 316 g/mol. The number of benzene rings is 2. The van der Waals surface area contributed by atoms with E-state index in [0.717, 1.165) is 53.6 Å². The average molecular weight is 316 g/mol. The van der Waals surface area contributed by atoms with Crippen molar-refractivity contribution in [2.75, 3.05) is 24.7 Å². The molecule has 2 aromatic rings. The molecule has 0 saturated heterocycles. The number of nitriles is 2. The van der Waals surface area contributed by atoms with Gasteiger partial charge < -0.3 is 10.6 Å². The second kappa shape index (κ2) is 6.26. The fraction of sp³-hybridized carbons (Fsp3) is 0.300. The van der Waals surface area contributed by atoms with Crippen LogP contribution in [0.25, 0.3) is 11.1 Å². The number of anilines is 2. The lowest BCUT2D eigenvalue weighted by Gasteiger charge is -2.24. The van der Waals surface area contributed by atoms with Crippen molar-refractivity contribution in [1.82, 2.24) is 0 Å². The van der Waals surface area contributed by atoms with E-state index in [1.54, 1.807) is 0 Å². The van der Waals surface area contributed by atoms with E-state index < -0.39 is 0 Å². The molecule has 0 unspecified atom stereocenters. The van der Waals surface area contributed by atoms with Crippen LogP contribution in [-0.4, -0.2) is 14.1 Å². The molecule has 0 saturated carbocycles. The molecule has 0 aliphatic heterocycles. The van der Waals surface area contributed by atoms with Crippen LogP contribution in [0, 0.1) is 22.7 Å². The van der Waals surface area contributed by atoms with Crippen LogP contribution in [0.5, 0.6) is 0 Å². The van der Waals surface area contributed by atoms with E-state index in [9.17, 15) is 10.5 Å². The highest BCUT2D eigenvalue weighted by molar-refractivity contribution is 5.85. The van der Waals surface area contributed by atoms with Gasteiger partial charge in [0, 0.05) is 25.3 Å². The molecular weight excluding hydrogens is 296 g/mol. The molecule has 24 heavy (non-hydrogen) atoms. The maximum absolute atomic E-state index is 9.68. The first-order valence-electron chi connectivity index (χ1n) is 8.13. The summed E-state index contributed by atoms with van der Waals surface area (Å²) in [5.41, 5.74) is 12.6. The van der Waals surface area contributed by atoms with Crippen LogP contribution >= 0.6 is 0 Å². The van der Waals surface area contributed by atoms with Crippen molar-refractivity contribution >= 4 is 11.4 Å². The third-order valence-electron chi connectivity index (χ3n) is 4.76. The molecule has 3 rings (SSSR count). The summed E-state index contributed by atoms with van der Waals surface area (Å²) in [5, 5.41) is 19.2. The zero-order valence-electron chi connectivity index (χ0n) is 14.1. The van der Waals surface area contributed by atoms with Crippen molar-refractivity contribution < 1.29 is 0 Å². The van der Waals surface area contributed by atoms with Gasteiger partial charge in [-0.1, -0.05) is 12.1 Å². The Morgan fingerprint density at radius 2 is 1.50 bits per heavy atom. The quantitative estimate of drug-likeness (QED) is 0.858. The second-order valence-corrected chi connectivity index (χ2v) is 6.37. The highest BCUT2D eigenvalue weighted by Gasteiger charge is 2.25. The largest absolute Gasteiger partial charge is 0.397 e. The molecule has 4 nitrogen and oxygen atoms in total. The lowest BCUT2D eigenvalue weighted by molar-refractivity contribution is 0.685. The van der Waals surface area contributed by atoms with Crippen molar-refractivity contribution in [3.63, 3.8) is 0 Å². The zero-order chi connectivity index (χ0) is 17.3. The number of fused-ring (bicyclic) bond motifs is 1. The Morgan fingerprint density at radius 1 is 0.917 bits per heavy atom. The molecule has 0 bridgehead atoms. The molecule has 0 atom stereocenters. The van der Waals surface area contributed by atoms with Crippen molar-refractivity contribution in [2.24, 2.45) is 0 Å². The molecule has 2 N–H and O–H groups in total. The molecule has 1 aliphatic carbocycles. The smallest absolute Gasteiger partial charge is 0.102 e. The van der Waals surface area contributed by atoms with Crippen LogP contribution in [0.2, 0.25) is 0 Å². The van der Waals surface area contributed by atoms with E-state index >= 15 is 0 Å². The van der Waals surface area contributed by atoms with Crippen molar-refractivity contribution in [3.8, 4) is 23.3 Å². The van der Waals surface area contributed by atoms with Gasteiger partial charge in [0.05, 0.1) is 16.8 Å². The Bertz CT molecular complexity index is 865. The lowest BCUT2D eigenvalue weighted by atomic mass is 9.80. The van der Waals surface area contributed by atoms with Crippen LogP contribution in [0.15, 0.2) is 24.3 Å². The molecule has 0 radical (unpaired) electrons. The SMILES string of the molecule is CN(C)c1ccc(-c2c(C#N)c(N)c(C#N)c3c2CCCC3)cc1. The Kier molecular flexibility index (Phi) is 4.15. The maximum atomic E-state index is 9.68. The molecule has 120 valence electrons. The molecule has 0 aromatic heterocycles. The first-order chi connectivity index (χ1) is 11.6. The summed E-state index contributed by atoms with van der Waals surface area (Å²) in [6.07, 6.45) is 3.89. The van der Waals surface area contributed by atoms with Gasteiger partial charge >= 0.3 is 0 Å². The Hall–Kier alpha value is -2.98. The molecule has 0 heterocycles. The zero-order valence-corrected chi connectivity index (χ0v) is 14.1. The van der Waals surface area contributed by atoms with Gasteiger partial charge in [0.25, 0.3) is 0 Å². The fourth-order valence-electron chi connectivity index (χ4n) is 3.52. The van der Waals surface area contributed by atoms with Crippen LogP contribution in [-0.2, 0) is 12.8 Å². The van der Waals surface area contributed by atoms with Crippen LogP contribution < -0.4 is 10.6 Å². The molecule has 0 fully saturated rings. The minimum atomic E-state index is 0.326. The van der Waals surface area contributed by atoms with Crippen molar-refractivity contribution in [2.45, 2.75) is 25.7 Å². The normalized spacial score (nSPS) is 12.8. The summed E-state index contributed by atoms with van der Waals surface area (Å²) in [7, 11) is 3.99. The molecule has 0 amide bonds. The summed E-state index contributed by atoms with van der Waals surface area (Å²) >= 11 is 0. The van der Waals surface area contributed by atoms with Gasteiger partial charge in [-0.05, 0) is 54.5 Å². The third-order valence-corrected chi connectivity index (χ3v) is 4.76. The third kappa shape index (κ3) is 2.47. The summed E-state index contributed by atoms with van der Waals surface area (Å²) in [5.74, 6) is 0. The summed E-state index contributed by atoms with van der Waals surface area (Å²) < 4.78 is 0. The van der Waals surface area contributed by atoms with Gasteiger partial charge in [-0.2, -0.15) is 10.5 Å². The molecule has 0 spiro atoms. The molecule has 1 aliphatic rings. The number of rotatable bonds is 2. The summed E-state index contributed by atoms with van der Waals surface area (Å²) in [6, 6.07) is 12.6. The van der Waals surface area contributed by atoms with E-state index in [0.29, 0.717) is 16.8 Å². The van der Waals surface area contributed by atoms with Crippen LogP contribution in [0.3, 0.4) is 0 Å². The van der Waals surface area contributed by atoms with Gasteiger partial charge in [0.15, 0.2) is 0 Å². The number of nitrogens with zero attached hydrogens (tertiary/aromatic N) is 3.